The first-order valence-corrected chi connectivity index (χ1v) is 14.7. The molecule has 9 nitrogen and oxygen atoms in total. The molecule has 0 spiro atoms. The molecule has 1 aromatic carbocycles. The lowest BCUT2D eigenvalue weighted by molar-refractivity contribution is -0.144. The number of likely N-dealkylation sites (N-methyl/N-ethyl adjacent to an activating group) is 1. The van der Waals surface area contributed by atoms with Crippen molar-refractivity contribution < 1.29 is 33.7 Å². The van der Waals surface area contributed by atoms with E-state index in [0.29, 0.717) is 24.0 Å². The van der Waals surface area contributed by atoms with Crippen molar-refractivity contribution in [2.45, 2.75) is 65.1 Å². The van der Waals surface area contributed by atoms with Crippen LogP contribution < -0.4 is 10.1 Å². The molecular formula is C28H39Cl2IN2O7. The molecule has 0 aliphatic carbocycles. The number of methoxy groups -OCH3 is 2. The van der Waals surface area contributed by atoms with Gasteiger partial charge in [0.15, 0.2) is 12.5 Å². The number of aliphatic carboxylic acids is 1. The second kappa shape index (κ2) is 17.8. The Hall–Kier alpha value is -1.86. The Morgan fingerprint density at radius 3 is 2.25 bits per heavy atom. The highest BCUT2D eigenvalue weighted by Gasteiger charge is 2.34. The van der Waals surface area contributed by atoms with Crippen LogP contribution in [-0.4, -0.2) is 74.0 Å². The molecule has 1 aromatic rings. The summed E-state index contributed by atoms with van der Waals surface area (Å²) in [4.78, 5) is 40.2. The van der Waals surface area contributed by atoms with Crippen molar-refractivity contribution in [3.63, 3.8) is 0 Å². The molecule has 0 saturated heterocycles. The minimum absolute atomic E-state index is 0.0629. The van der Waals surface area contributed by atoms with Gasteiger partial charge in [0.25, 0.3) is 0 Å². The SMILES string of the molecule is CC[C@H](C)[C@@H](C(=O)N[C@H](Cc1cc(Cl)c(OCOC)c(Cl)c1)C(=O)O)N(C)C(=O)/C(C)=C/C[C@@H](OC)/C(C)=C/I. The largest absolute Gasteiger partial charge is 0.480 e. The van der Waals surface area contributed by atoms with Crippen molar-refractivity contribution in [2.24, 2.45) is 5.92 Å². The van der Waals surface area contributed by atoms with Crippen LogP contribution in [0.1, 0.15) is 46.1 Å². The summed E-state index contributed by atoms with van der Waals surface area (Å²) in [7, 11) is 4.61. The van der Waals surface area contributed by atoms with E-state index in [1.165, 1.54) is 24.1 Å². The maximum absolute atomic E-state index is 13.5. The van der Waals surface area contributed by atoms with E-state index in [-0.39, 0.29) is 46.9 Å². The molecule has 0 radical (unpaired) electrons. The molecule has 4 atom stereocenters. The van der Waals surface area contributed by atoms with Gasteiger partial charge in [-0.25, -0.2) is 4.79 Å². The fourth-order valence-corrected chi connectivity index (χ4v) is 5.07. The number of ether oxygens (including phenoxy) is 3. The lowest BCUT2D eigenvalue weighted by Crippen LogP contribution is -2.55. The Kier molecular flexibility index (Phi) is 16.1. The van der Waals surface area contributed by atoms with Crippen LogP contribution in [0.4, 0.5) is 0 Å². The Morgan fingerprint density at radius 1 is 1.18 bits per heavy atom. The minimum Gasteiger partial charge on any atom is -0.480 e. The van der Waals surface area contributed by atoms with E-state index >= 15 is 0 Å². The monoisotopic (exact) mass is 712 g/mol. The molecule has 12 heteroatoms. The maximum atomic E-state index is 13.5. The van der Waals surface area contributed by atoms with Crippen molar-refractivity contribution in [2.75, 3.05) is 28.1 Å². The summed E-state index contributed by atoms with van der Waals surface area (Å²) in [6.07, 6.45) is 2.62. The molecule has 0 fully saturated rings. The number of hydrogen-bond donors (Lipinski definition) is 2. The van der Waals surface area contributed by atoms with Crippen LogP contribution in [-0.2, 0) is 30.3 Å². The highest BCUT2D eigenvalue weighted by atomic mass is 127. The third-order valence-electron chi connectivity index (χ3n) is 6.56. The van der Waals surface area contributed by atoms with Crippen molar-refractivity contribution in [1.29, 1.82) is 0 Å². The summed E-state index contributed by atoms with van der Waals surface area (Å²) in [5, 5.41) is 12.9. The Labute approximate surface area is 260 Å². The van der Waals surface area contributed by atoms with Crippen LogP contribution >= 0.6 is 45.8 Å². The summed E-state index contributed by atoms with van der Waals surface area (Å²) in [6.45, 7) is 7.32. The fourth-order valence-electron chi connectivity index (χ4n) is 4.03. The topological polar surface area (TPSA) is 114 Å². The van der Waals surface area contributed by atoms with Gasteiger partial charge in [0.1, 0.15) is 12.1 Å². The first kappa shape index (κ1) is 36.2. The summed E-state index contributed by atoms with van der Waals surface area (Å²) >= 11 is 14.7. The molecule has 0 aliphatic heterocycles. The number of rotatable bonds is 16. The number of carbonyl (C=O) groups is 3. The molecule has 0 saturated carbocycles. The van der Waals surface area contributed by atoms with Crippen LogP contribution in [0, 0.1) is 5.92 Å². The van der Waals surface area contributed by atoms with Gasteiger partial charge in [-0.3, -0.25) is 9.59 Å². The van der Waals surface area contributed by atoms with E-state index in [0.717, 1.165) is 5.57 Å². The van der Waals surface area contributed by atoms with Gasteiger partial charge in [0, 0.05) is 33.3 Å². The molecule has 0 aromatic heterocycles. The molecule has 1 rings (SSSR count). The molecular weight excluding hydrogens is 674 g/mol. The number of halogens is 3. The van der Waals surface area contributed by atoms with E-state index in [4.69, 9.17) is 37.4 Å². The van der Waals surface area contributed by atoms with E-state index in [2.05, 4.69) is 27.9 Å². The van der Waals surface area contributed by atoms with Crippen LogP contribution in [0.5, 0.6) is 5.75 Å². The second-order valence-electron chi connectivity index (χ2n) is 9.49. The highest BCUT2D eigenvalue weighted by molar-refractivity contribution is 14.1. The van der Waals surface area contributed by atoms with Crippen LogP contribution in [0.25, 0.3) is 0 Å². The molecule has 0 heterocycles. The number of carbonyl (C=O) groups excluding carboxylic acids is 2. The number of nitrogens with zero attached hydrogens (tertiary/aromatic N) is 1. The van der Waals surface area contributed by atoms with Crippen LogP contribution in [0.15, 0.2) is 33.4 Å². The Morgan fingerprint density at radius 2 is 1.77 bits per heavy atom. The number of carboxylic acids is 1. The highest BCUT2D eigenvalue weighted by Crippen LogP contribution is 2.34. The number of benzene rings is 1. The Bertz CT molecular complexity index is 1070. The number of nitrogens with one attached hydrogen (secondary N) is 1. The molecule has 40 heavy (non-hydrogen) atoms. The molecule has 0 bridgehead atoms. The average molecular weight is 713 g/mol. The zero-order chi connectivity index (χ0) is 30.6. The average Bonchev–Trinajstić information content (AvgIpc) is 2.91. The molecule has 0 aliphatic rings. The summed E-state index contributed by atoms with van der Waals surface area (Å²) < 4.78 is 17.6. The molecule has 2 amide bonds. The van der Waals surface area contributed by atoms with Gasteiger partial charge >= 0.3 is 5.97 Å². The minimum atomic E-state index is -1.29. The third kappa shape index (κ3) is 10.5. The van der Waals surface area contributed by atoms with Crippen LogP contribution in [0.2, 0.25) is 10.0 Å². The predicted octanol–water partition coefficient (Wildman–Crippen LogP) is 5.65. The number of amides is 2. The molecule has 224 valence electrons. The first-order chi connectivity index (χ1) is 18.8. The van der Waals surface area contributed by atoms with Crippen molar-refractivity contribution in [1.82, 2.24) is 10.2 Å². The zero-order valence-corrected chi connectivity index (χ0v) is 27.6. The van der Waals surface area contributed by atoms with Crippen molar-refractivity contribution >= 4 is 63.6 Å². The molecule has 2 N–H and O–H groups in total. The first-order valence-electron chi connectivity index (χ1n) is 12.7. The number of hydrogen-bond acceptors (Lipinski definition) is 6. The van der Waals surface area contributed by atoms with E-state index in [1.54, 1.807) is 27.2 Å². The van der Waals surface area contributed by atoms with E-state index < -0.39 is 24.0 Å². The van der Waals surface area contributed by atoms with Gasteiger partial charge in [0.05, 0.1) is 16.1 Å². The van der Waals surface area contributed by atoms with Crippen molar-refractivity contribution in [3.8, 4) is 5.75 Å². The van der Waals surface area contributed by atoms with Crippen molar-refractivity contribution in [3.05, 3.63) is 49.0 Å². The summed E-state index contributed by atoms with van der Waals surface area (Å²) in [5.74, 6) is -2.17. The van der Waals surface area contributed by atoms with Gasteiger partial charge < -0.3 is 29.5 Å². The summed E-state index contributed by atoms with van der Waals surface area (Å²) in [5.41, 5.74) is 1.98. The lowest BCUT2D eigenvalue weighted by Gasteiger charge is -2.32. The molecule has 0 unspecified atom stereocenters. The maximum Gasteiger partial charge on any atom is 0.326 e. The Balaban J connectivity index is 3.15. The predicted molar refractivity (Wildman–Crippen MR) is 165 cm³/mol. The van der Waals surface area contributed by atoms with Gasteiger partial charge in [-0.1, -0.05) is 72.1 Å². The van der Waals surface area contributed by atoms with E-state index in [9.17, 15) is 19.5 Å². The fraction of sp³-hybridized carbons (Fsp3) is 0.536. The number of carboxylic acid groups (broad SMARTS) is 1. The lowest BCUT2D eigenvalue weighted by atomic mass is 9.95. The van der Waals surface area contributed by atoms with Gasteiger partial charge in [-0.05, 0) is 53.5 Å². The summed E-state index contributed by atoms with van der Waals surface area (Å²) in [6, 6.07) is 0.869. The smallest absolute Gasteiger partial charge is 0.326 e. The zero-order valence-electron chi connectivity index (χ0n) is 23.9. The van der Waals surface area contributed by atoms with E-state index in [1.807, 2.05) is 24.9 Å². The van der Waals surface area contributed by atoms with Gasteiger partial charge in [-0.2, -0.15) is 0 Å². The quantitative estimate of drug-likeness (QED) is 0.129. The normalized spacial score (nSPS) is 15.2. The second-order valence-corrected chi connectivity index (χ2v) is 10.9. The van der Waals surface area contributed by atoms with Gasteiger partial charge in [0.2, 0.25) is 11.8 Å². The standard InChI is InChI=1S/C28H39Cl2IN2O7/c1-8-16(2)24(33(5)27(35)17(3)9-10-23(39-7)18(4)14-31)26(34)32-22(28(36)37)13-19-11-20(29)25(21(30)12-19)40-15-38-6/h9,11-12,14,16,22-24H,8,10,13,15H2,1-7H3,(H,32,34)(H,36,37)/b17-9+,18-14+/t16-,22+,23+,24-/m0/s1. The third-order valence-corrected chi connectivity index (χ3v) is 8.11. The van der Waals surface area contributed by atoms with Crippen LogP contribution in [0.3, 0.4) is 0 Å². The van der Waals surface area contributed by atoms with Gasteiger partial charge in [-0.15, -0.1) is 0 Å².